The van der Waals surface area contributed by atoms with E-state index in [9.17, 15) is 49.5 Å². The van der Waals surface area contributed by atoms with Crippen molar-refractivity contribution in [1.82, 2.24) is 10.8 Å². The molecule has 3 aliphatic rings. The Morgan fingerprint density at radius 3 is 2.37 bits per heavy atom. The molecular formula is C41H46N2O16. The quantitative estimate of drug-likeness (QED) is 0.0615. The normalized spacial score (nSPS) is 23.4. The smallest absolute Gasteiger partial charge is 0.507 e. The van der Waals surface area contributed by atoms with Gasteiger partial charge in [0.25, 0.3) is 0 Å². The second kappa shape index (κ2) is 17.3. The van der Waals surface area contributed by atoms with Crippen LogP contribution in [0, 0.1) is 13.8 Å². The summed E-state index contributed by atoms with van der Waals surface area (Å²) in [5.74, 6) is -3.82. The van der Waals surface area contributed by atoms with Crippen LogP contribution in [0.2, 0.25) is 0 Å². The molecule has 0 bridgehead atoms. The standard InChI is InChI=1S/C41H46N2O16/c1-6-10-42-39(51)58-38-18(2)11-21(12-19(38)3)17-55-40(52)59-43-24-13-28(56-20(4)33(24)46)57-26-15-41(53,27(45)16-44)14-23-30(26)37(50)32-31(35(23)48)34(47)22-8-7-9-25(54-5)29(22)36(32)49/h7-9,11-12,20,24,26,28,33,43-44,46,48,50,53H,6,10,13-17H2,1-5H3,(H,42,51)/t20-,24?,26-,28+,33?,41-/m0/s1. The van der Waals surface area contributed by atoms with E-state index < -0.39 is 108 Å². The van der Waals surface area contributed by atoms with E-state index in [-0.39, 0.29) is 41.0 Å². The average molecular weight is 823 g/mol. The maximum Gasteiger partial charge on any atom is 0.528 e. The predicted molar refractivity (Wildman–Crippen MR) is 202 cm³/mol. The number of ketones is 3. The van der Waals surface area contributed by atoms with Crippen LogP contribution < -0.4 is 20.3 Å². The number of amides is 1. The Kier molecular flexibility index (Phi) is 12.6. The maximum absolute atomic E-state index is 13.9. The Hall–Kier alpha value is -5.63. The number of nitrogens with one attached hydrogen (secondary N) is 2. The molecule has 18 heteroatoms. The number of carbonyl (C=O) groups is 5. The molecule has 18 nitrogen and oxygen atoms in total. The lowest BCUT2D eigenvalue weighted by Crippen LogP contribution is -2.55. The van der Waals surface area contributed by atoms with Crippen molar-refractivity contribution in [2.75, 3.05) is 20.3 Å². The molecule has 0 spiro atoms. The Morgan fingerprint density at radius 1 is 1.02 bits per heavy atom. The minimum absolute atomic E-state index is 0.0470. The lowest BCUT2D eigenvalue weighted by Gasteiger charge is -2.42. The number of rotatable bonds is 12. The molecule has 2 aliphatic carbocycles. The number of hydrogen-bond acceptors (Lipinski definition) is 17. The van der Waals surface area contributed by atoms with E-state index in [1.807, 2.05) is 6.92 Å². The highest BCUT2D eigenvalue weighted by Gasteiger charge is 2.50. The minimum atomic E-state index is -2.37. The van der Waals surface area contributed by atoms with Crippen LogP contribution >= 0.6 is 0 Å². The van der Waals surface area contributed by atoms with Gasteiger partial charge in [-0.25, -0.2) is 9.59 Å². The van der Waals surface area contributed by atoms with Gasteiger partial charge in [-0.1, -0.05) is 19.1 Å². The van der Waals surface area contributed by atoms with Crippen LogP contribution in [-0.2, 0) is 36.9 Å². The highest BCUT2D eigenvalue weighted by Crippen LogP contribution is 2.52. The maximum atomic E-state index is 13.9. The molecule has 7 N–H and O–H groups in total. The first-order valence-electron chi connectivity index (χ1n) is 18.9. The van der Waals surface area contributed by atoms with E-state index in [4.69, 9.17) is 28.5 Å². The zero-order valence-electron chi connectivity index (χ0n) is 33.0. The van der Waals surface area contributed by atoms with Crippen molar-refractivity contribution in [2.45, 2.75) is 96.2 Å². The van der Waals surface area contributed by atoms with E-state index in [1.54, 1.807) is 26.0 Å². The van der Waals surface area contributed by atoms with E-state index in [0.717, 1.165) is 6.42 Å². The van der Waals surface area contributed by atoms with Crippen LogP contribution in [0.5, 0.6) is 23.0 Å². The van der Waals surface area contributed by atoms with Gasteiger partial charge in [-0.15, -0.1) is 5.48 Å². The second-order valence-corrected chi connectivity index (χ2v) is 14.7. The number of hydroxylamine groups is 1. The minimum Gasteiger partial charge on any atom is -0.507 e. The van der Waals surface area contributed by atoms with Gasteiger partial charge in [0, 0.05) is 42.5 Å². The molecule has 2 unspecified atom stereocenters. The van der Waals surface area contributed by atoms with Crippen molar-refractivity contribution in [3.8, 4) is 23.0 Å². The first-order valence-corrected chi connectivity index (χ1v) is 18.9. The number of aliphatic hydroxyl groups is 3. The summed E-state index contributed by atoms with van der Waals surface area (Å²) >= 11 is 0. The highest BCUT2D eigenvalue weighted by atomic mass is 16.8. The fourth-order valence-corrected chi connectivity index (χ4v) is 7.77. The molecule has 0 aromatic heterocycles. The molecule has 1 saturated heterocycles. The van der Waals surface area contributed by atoms with Crippen molar-refractivity contribution in [2.24, 2.45) is 0 Å². The Balaban J connectivity index is 1.20. The van der Waals surface area contributed by atoms with Crippen LogP contribution in [0.3, 0.4) is 0 Å². The third-order valence-corrected chi connectivity index (χ3v) is 10.6. The van der Waals surface area contributed by atoms with Gasteiger partial charge in [0.2, 0.25) is 5.78 Å². The number of aliphatic hydroxyl groups excluding tert-OH is 2. The van der Waals surface area contributed by atoms with Crippen molar-refractivity contribution in [1.29, 1.82) is 0 Å². The van der Waals surface area contributed by atoms with Gasteiger partial charge in [0.15, 0.2) is 17.9 Å². The zero-order chi connectivity index (χ0) is 42.9. The highest BCUT2D eigenvalue weighted by molar-refractivity contribution is 6.31. The molecule has 0 radical (unpaired) electrons. The number of phenols is 2. The number of phenolic OH excluding ortho intramolecular Hbond substituents is 2. The van der Waals surface area contributed by atoms with Crippen LogP contribution in [0.25, 0.3) is 0 Å². The molecule has 59 heavy (non-hydrogen) atoms. The molecule has 1 aliphatic heterocycles. The summed E-state index contributed by atoms with van der Waals surface area (Å²) in [5, 5.41) is 58.2. The summed E-state index contributed by atoms with van der Waals surface area (Å²) in [6.45, 7) is 6.02. The molecule has 3 aromatic carbocycles. The molecular weight excluding hydrogens is 776 g/mol. The SMILES string of the molecule is CCCNC(=O)Oc1c(C)cc(COC(=O)ONC2C[C@@H](O[C@H]3C[C@](O)(C(=O)CO)Cc4c(O)c5c(c(O)c43)C(=O)c3c(OC)cccc3C5=O)O[C@@H](C)C2O)cc1C. The zero-order valence-corrected chi connectivity index (χ0v) is 33.0. The van der Waals surface area contributed by atoms with Crippen LogP contribution in [0.4, 0.5) is 9.59 Å². The van der Waals surface area contributed by atoms with Crippen molar-refractivity contribution >= 4 is 29.6 Å². The number of methoxy groups -OCH3 is 1. The molecule has 6 atom stereocenters. The van der Waals surface area contributed by atoms with E-state index in [1.165, 1.54) is 32.2 Å². The third kappa shape index (κ3) is 8.32. The van der Waals surface area contributed by atoms with Gasteiger partial charge in [-0.2, -0.15) is 0 Å². The average Bonchev–Trinajstić information content (AvgIpc) is 3.20. The summed E-state index contributed by atoms with van der Waals surface area (Å²) in [4.78, 5) is 70.5. The predicted octanol–water partition coefficient (Wildman–Crippen LogP) is 3.02. The molecule has 0 saturated carbocycles. The van der Waals surface area contributed by atoms with Gasteiger partial charge in [-0.3, -0.25) is 14.4 Å². The monoisotopic (exact) mass is 822 g/mol. The van der Waals surface area contributed by atoms with Crippen molar-refractivity contribution in [3.05, 3.63) is 80.4 Å². The first-order chi connectivity index (χ1) is 28.0. The molecule has 3 aromatic rings. The number of aromatic hydroxyl groups is 2. The van der Waals surface area contributed by atoms with E-state index in [2.05, 4.69) is 10.8 Å². The van der Waals surface area contributed by atoms with Gasteiger partial charge in [-0.05, 0) is 62.1 Å². The number of aryl methyl sites for hydroxylation is 2. The third-order valence-electron chi connectivity index (χ3n) is 10.6. The topological polar surface area (TPSA) is 266 Å². The molecule has 1 heterocycles. The lowest BCUT2D eigenvalue weighted by atomic mass is 9.72. The number of fused-ring (bicyclic) bond motifs is 3. The van der Waals surface area contributed by atoms with E-state index in [0.29, 0.717) is 29.0 Å². The van der Waals surface area contributed by atoms with Crippen LogP contribution in [-0.4, -0.2) is 106 Å². The number of benzene rings is 3. The van der Waals surface area contributed by atoms with Gasteiger partial charge in [0.1, 0.15) is 41.8 Å². The lowest BCUT2D eigenvalue weighted by molar-refractivity contribution is -0.256. The summed E-state index contributed by atoms with van der Waals surface area (Å²) in [7, 11) is 1.30. The van der Waals surface area contributed by atoms with Gasteiger partial charge >= 0.3 is 12.2 Å². The van der Waals surface area contributed by atoms with Crippen molar-refractivity contribution < 1.29 is 78.0 Å². The fourth-order valence-electron chi connectivity index (χ4n) is 7.77. The Labute approximate surface area is 337 Å². The number of hydrogen-bond donors (Lipinski definition) is 7. The Bertz CT molecular complexity index is 2170. The molecule has 6 rings (SSSR count). The van der Waals surface area contributed by atoms with Crippen LogP contribution in [0.1, 0.15) is 98.9 Å². The number of Topliss-reactive ketones (excluding diaryl/α,β-unsaturated/α-hetero) is 1. The summed E-state index contributed by atoms with van der Waals surface area (Å²) in [6.07, 6.45) is -7.55. The number of carbonyl (C=O) groups excluding carboxylic acids is 5. The fraction of sp³-hybridized carbons (Fsp3) is 0.439. The van der Waals surface area contributed by atoms with E-state index >= 15 is 0 Å². The first kappa shape index (κ1) is 43.0. The molecule has 1 fully saturated rings. The van der Waals surface area contributed by atoms with Crippen LogP contribution in [0.15, 0.2) is 30.3 Å². The summed E-state index contributed by atoms with van der Waals surface area (Å²) in [5.41, 5.74) is 0.0911. The second-order valence-electron chi connectivity index (χ2n) is 14.7. The summed E-state index contributed by atoms with van der Waals surface area (Å²) < 4.78 is 28.1. The van der Waals surface area contributed by atoms with Gasteiger partial charge in [0.05, 0.1) is 48.2 Å². The van der Waals surface area contributed by atoms with Gasteiger partial charge < -0.3 is 59.4 Å². The largest absolute Gasteiger partial charge is 0.528 e. The summed E-state index contributed by atoms with van der Waals surface area (Å²) in [6, 6.07) is 6.59. The molecule has 1 amide bonds. The van der Waals surface area contributed by atoms with Crippen molar-refractivity contribution in [3.63, 3.8) is 0 Å². The molecule has 316 valence electrons. The Morgan fingerprint density at radius 2 is 1.71 bits per heavy atom. The number of ether oxygens (including phenoxy) is 5.